The van der Waals surface area contributed by atoms with Gasteiger partial charge in [-0.15, -0.1) is 0 Å². The second-order valence-electron chi connectivity index (χ2n) is 5.51. The van der Waals surface area contributed by atoms with Crippen molar-refractivity contribution in [3.63, 3.8) is 0 Å². The van der Waals surface area contributed by atoms with Gasteiger partial charge in [-0.25, -0.2) is 0 Å². The fourth-order valence-electron chi connectivity index (χ4n) is 2.22. The van der Waals surface area contributed by atoms with Gasteiger partial charge in [0, 0.05) is 12.3 Å². The van der Waals surface area contributed by atoms with Crippen molar-refractivity contribution < 1.29 is 13.9 Å². The van der Waals surface area contributed by atoms with E-state index in [2.05, 4.69) is 11.4 Å². The molecule has 0 spiro atoms. The summed E-state index contributed by atoms with van der Waals surface area (Å²) in [5.74, 6) is 3.24. The lowest BCUT2D eigenvalue weighted by molar-refractivity contribution is -0.127. The van der Waals surface area contributed by atoms with Crippen LogP contribution in [0, 0.1) is 13.8 Å². The summed E-state index contributed by atoms with van der Waals surface area (Å²) in [7, 11) is 0. The molecule has 0 bridgehead atoms. The van der Waals surface area contributed by atoms with Gasteiger partial charge in [-0.05, 0) is 56.2 Å². The van der Waals surface area contributed by atoms with Crippen LogP contribution < -0.4 is 10.1 Å². The van der Waals surface area contributed by atoms with Gasteiger partial charge in [0.25, 0.3) is 5.91 Å². The van der Waals surface area contributed by atoms with Crippen molar-refractivity contribution in [1.29, 1.82) is 0 Å². The van der Waals surface area contributed by atoms with Crippen LogP contribution in [0.25, 0.3) is 0 Å². The standard InChI is InChI=1S/C18H23NO3S/c1-13-9-14(2)11-17(10-13)22-15(3)18(20)19-6-8-23-12-16-5-4-7-21-16/h4-5,7,9-11,15H,6,8,12H2,1-3H3,(H,19,20)/t15-/m1/s1. The first-order valence-corrected chi connectivity index (χ1v) is 8.83. The second kappa shape index (κ2) is 8.67. The molecule has 0 aliphatic rings. The number of aryl methyl sites for hydroxylation is 2. The molecule has 2 aromatic rings. The van der Waals surface area contributed by atoms with Gasteiger partial charge in [0.2, 0.25) is 0 Å². The third kappa shape index (κ3) is 6.02. The van der Waals surface area contributed by atoms with Gasteiger partial charge < -0.3 is 14.5 Å². The van der Waals surface area contributed by atoms with E-state index < -0.39 is 6.10 Å². The third-order valence-corrected chi connectivity index (χ3v) is 4.23. The topological polar surface area (TPSA) is 51.5 Å². The summed E-state index contributed by atoms with van der Waals surface area (Å²) in [6.07, 6.45) is 1.16. The van der Waals surface area contributed by atoms with Crippen LogP contribution >= 0.6 is 11.8 Å². The van der Waals surface area contributed by atoms with Gasteiger partial charge in [0.15, 0.2) is 6.10 Å². The number of benzene rings is 1. The highest BCUT2D eigenvalue weighted by Gasteiger charge is 2.14. The third-order valence-electron chi connectivity index (χ3n) is 3.25. The minimum absolute atomic E-state index is 0.0947. The van der Waals surface area contributed by atoms with Crippen molar-refractivity contribution in [2.24, 2.45) is 0 Å². The van der Waals surface area contributed by atoms with E-state index >= 15 is 0 Å². The number of carbonyl (C=O) groups excluding carboxylic acids is 1. The fourth-order valence-corrected chi connectivity index (χ4v) is 2.97. The number of rotatable bonds is 8. The maximum Gasteiger partial charge on any atom is 0.260 e. The molecule has 1 aromatic carbocycles. The van der Waals surface area contributed by atoms with Gasteiger partial charge in [-0.1, -0.05) is 6.07 Å². The van der Waals surface area contributed by atoms with E-state index in [4.69, 9.17) is 9.15 Å². The molecular formula is C18H23NO3S. The predicted molar refractivity (Wildman–Crippen MR) is 93.9 cm³/mol. The summed E-state index contributed by atoms with van der Waals surface area (Å²) >= 11 is 1.72. The highest BCUT2D eigenvalue weighted by molar-refractivity contribution is 7.98. The maximum absolute atomic E-state index is 12.0. The number of carbonyl (C=O) groups is 1. The Labute approximate surface area is 141 Å². The van der Waals surface area contributed by atoms with Gasteiger partial charge in [0.1, 0.15) is 11.5 Å². The number of hydrogen-bond acceptors (Lipinski definition) is 4. The van der Waals surface area contributed by atoms with E-state index in [-0.39, 0.29) is 5.91 Å². The molecule has 0 radical (unpaired) electrons. The summed E-state index contributed by atoms with van der Waals surface area (Å²) in [5, 5.41) is 2.90. The highest BCUT2D eigenvalue weighted by Crippen LogP contribution is 2.17. The first kappa shape index (κ1) is 17.5. The zero-order valence-corrected chi connectivity index (χ0v) is 14.6. The zero-order valence-electron chi connectivity index (χ0n) is 13.8. The van der Waals surface area contributed by atoms with Crippen LogP contribution in [0.15, 0.2) is 41.0 Å². The number of amides is 1. The molecule has 23 heavy (non-hydrogen) atoms. The van der Waals surface area contributed by atoms with Crippen LogP contribution in [-0.4, -0.2) is 24.3 Å². The smallest absolute Gasteiger partial charge is 0.260 e. The van der Waals surface area contributed by atoms with E-state index in [1.807, 2.05) is 38.1 Å². The van der Waals surface area contributed by atoms with Crippen molar-refractivity contribution in [1.82, 2.24) is 5.32 Å². The highest BCUT2D eigenvalue weighted by atomic mass is 32.2. The van der Waals surface area contributed by atoms with Crippen LogP contribution in [0.5, 0.6) is 5.75 Å². The molecule has 1 heterocycles. The Morgan fingerprint density at radius 3 is 2.70 bits per heavy atom. The van der Waals surface area contributed by atoms with Crippen LogP contribution in [0.4, 0.5) is 0 Å². The molecule has 0 aliphatic heterocycles. The Morgan fingerprint density at radius 1 is 1.30 bits per heavy atom. The fraction of sp³-hybridized carbons (Fsp3) is 0.389. The monoisotopic (exact) mass is 333 g/mol. The van der Waals surface area contributed by atoms with E-state index in [1.165, 1.54) is 0 Å². The molecule has 0 saturated heterocycles. The predicted octanol–water partition coefficient (Wildman–Crippen LogP) is 3.71. The lowest BCUT2D eigenvalue weighted by Crippen LogP contribution is -2.37. The summed E-state index contributed by atoms with van der Waals surface area (Å²) in [6, 6.07) is 9.79. The molecule has 5 heteroatoms. The SMILES string of the molecule is Cc1cc(C)cc(O[C@H](C)C(=O)NCCSCc2ccco2)c1. The van der Waals surface area contributed by atoms with Crippen LogP contribution in [0.2, 0.25) is 0 Å². The molecule has 1 aromatic heterocycles. The number of hydrogen-bond donors (Lipinski definition) is 1. The Bertz CT molecular complexity index is 605. The lowest BCUT2D eigenvalue weighted by atomic mass is 10.1. The van der Waals surface area contributed by atoms with Gasteiger partial charge >= 0.3 is 0 Å². The van der Waals surface area contributed by atoms with Crippen molar-refractivity contribution in [3.05, 3.63) is 53.5 Å². The Kier molecular flexibility index (Phi) is 6.59. The summed E-state index contributed by atoms with van der Waals surface area (Å²) in [4.78, 5) is 12.0. The largest absolute Gasteiger partial charge is 0.481 e. The Hall–Kier alpha value is -1.88. The van der Waals surface area contributed by atoms with Crippen LogP contribution in [0.1, 0.15) is 23.8 Å². The van der Waals surface area contributed by atoms with Crippen molar-refractivity contribution >= 4 is 17.7 Å². The molecule has 1 atom stereocenters. The van der Waals surface area contributed by atoms with Crippen molar-refractivity contribution in [2.75, 3.05) is 12.3 Å². The minimum Gasteiger partial charge on any atom is -0.481 e. The minimum atomic E-state index is -0.508. The summed E-state index contributed by atoms with van der Waals surface area (Å²) < 4.78 is 11.0. The summed E-state index contributed by atoms with van der Waals surface area (Å²) in [6.45, 7) is 6.41. The van der Waals surface area contributed by atoms with Crippen molar-refractivity contribution in [2.45, 2.75) is 32.6 Å². The van der Waals surface area contributed by atoms with Gasteiger partial charge in [0.05, 0.1) is 12.0 Å². The molecule has 124 valence electrons. The number of furan rings is 1. The molecule has 4 nitrogen and oxygen atoms in total. The molecular weight excluding hydrogens is 310 g/mol. The molecule has 1 N–H and O–H groups in total. The molecule has 2 rings (SSSR count). The normalized spacial score (nSPS) is 12.0. The van der Waals surface area contributed by atoms with Gasteiger partial charge in [-0.3, -0.25) is 4.79 Å². The van der Waals surface area contributed by atoms with E-state index in [9.17, 15) is 4.79 Å². The average Bonchev–Trinajstić information content (AvgIpc) is 2.98. The number of nitrogens with one attached hydrogen (secondary N) is 1. The zero-order chi connectivity index (χ0) is 16.7. The number of ether oxygens (including phenoxy) is 1. The quantitative estimate of drug-likeness (QED) is 0.748. The molecule has 0 unspecified atom stereocenters. The molecule has 0 fully saturated rings. The first-order valence-electron chi connectivity index (χ1n) is 7.67. The average molecular weight is 333 g/mol. The maximum atomic E-state index is 12.0. The summed E-state index contributed by atoms with van der Waals surface area (Å²) in [5.41, 5.74) is 2.25. The van der Waals surface area contributed by atoms with E-state index in [0.29, 0.717) is 6.54 Å². The van der Waals surface area contributed by atoms with Crippen molar-refractivity contribution in [3.8, 4) is 5.75 Å². The number of thioether (sulfide) groups is 1. The Morgan fingerprint density at radius 2 is 2.04 bits per heavy atom. The molecule has 0 aliphatic carbocycles. The van der Waals surface area contributed by atoms with Crippen LogP contribution in [0.3, 0.4) is 0 Å². The molecule has 1 amide bonds. The first-order chi connectivity index (χ1) is 11.0. The lowest BCUT2D eigenvalue weighted by Gasteiger charge is -2.15. The van der Waals surface area contributed by atoms with Gasteiger partial charge in [-0.2, -0.15) is 11.8 Å². The van der Waals surface area contributed by atoms with E-state index in [1.54, 1.807) is 24.9 Å². The van der Waals surface area contributed by atoms with Crippen LogP contribution in [-0.2, 0) is 10.5 Å². The second-order valence-corrected chi connectivity index (χ2v) is 6.61. The molecule has 0 saturated carbocycles. The van der Waals surface area contributed by atoms with E-state index in [0.717, 1.165) is 34.1 Å². The Balaban J connectivity index is 1.68.